The van der Waals surface area contributed by atoms with Crippen LogP contribution in [0.4, 0.5) is 0 Å². The van der Waals surface area contributed by atoms with Crippen molar-refractivity contribution < 1.29 is 4.79 Å². The Bertz CT molecular complexity index is 508. The average Bonchev–Trinajstić information content (AvgIpc) is 2.16. The molecular weight excluding hydrogens is 242 g/mol. The quantitative estimate of drug-likeness (QED) is 0.727. The fourth-order valence-corrected chi connectivity index (χ4v) is 1.81. The van der Waals surface area contributed by atoms with Gasteiger partial charge in [-0.3, -0.25) is 9.78 Å². The molecule has 0 amide bonds. The van der Waals surface area contributed by atoms with Crippen molar-refractivity contribution in [1.29, 1.82) is 0 Å². The van der Waals surface area contributed by atoms with Crippen LogP contribution in [0.25, 0.3) is 10.8 Å². The van der Waals surface area contributed by atoms with E-state index in [0.717, 1.165) is 15.2 Å². The van der Waals surface area contributed by atoms with Crippen LogP contribution < -0.4 is 0 Å². The Morgan fingerprint density at radius 2 is 2.14 bits per heavy atom. The van der Waals surface area contributed by atoms with Gasteiger partial charge in [0.1, 0.15) is 5.69 Å². The predicted molar refractivity (Wildman–Crippen MR) is 59.4 cm³/mol. The van der Waals surface area contributed by atoms with E-state index in [1.54, 1.807) is 6.20 Å². The van der Waals surface area contributed by atoms with Gasteiger partial charge in [-0.15, -0.1) is 0 Å². The summed E-state index contributed by atoms with van der Waals surface area (Å²) in [6.45, 7) is 1.53. The molecular formula is C11H8BrNO. The Morgan fingerprint density at radius 1 is 1.36 bits per heavy atom. The van der Waals surface area contributed by atoms with Gasteiger partial charge in [-0.25, -0.2) is 0 Å². The summed E-state index contributed by atoms with van der Waals surface area (Å²) in [5.41, 5.74) is 0.537. The van der Waals surface area contributed by atoms with Gasteiger partial charge >= 0.3 is 0 Å². The zero-order chi connectivity index (χ0) is 10.1. The first-order valence-electron chi connectivity index (χ1n) is 4.23. The summed E-state index contributed by atoms with van der Waals surface area (Å²) in [6.07, 6.45) is 1.66. The fraction of sp³-hybridized carbons (Fsp3) is 0.0909. The molecule has 70 valence electrons. The van der Waals surface area contributed by atoms with Crippen molar-refractivity contribution in [2.75, 3.05) is 0 Å². The molecule has 2 rings (SSSR count). The molecule has 0 N–H and O–H groups in total. The van der Waals surface area contributed by atoms with Gasteiger partial charge in [0.15, 0.2) is 5.78 Å². The third-order valence-electron chi connectivity index (χ3n) is 2.06. The number of halogens is 1. The second-order valence-electron chi connectivity index (χ2n) is 3.08. The van der Waals surface area contributed by atoms with Gasteiger partial charge in [-0.2, -0.15) is 0 Å². The van der Waals surface area contributed by atoms with Crippen molar-refractivity contribution in [2.45, 2.75) is 6.92 Å². The first-order chi connectivity index (χ1) is 6.68. The molecule has 0 bridgehead atoms. The minimum Gasteiger partial charge on any atom is -0.293 e. The molecule has 0 aliphatic carbocycles. The summed E-state index contributed by atoms with van der Waals surface area (Å²) >= 11 is 3.39. The lowest BCUT2D eigenvalue weighted by atomic mass is 10.1. The largest absolute Gasteiger partial charge is 0.293 e. The molecule has 3 heteroatoms. The predicted octanol–water partition coefficient (Wildman–Crippen LogP) is 3.20. The van der Waals surface area contributed by atoms with Gasteiger partial charge in [0.25, 0.3) is 0 Å². The van der Waals surface area contributed by atoms with Crippen molar-refractivity contribution in [3.63, 3.8) is 0 Å². The lowest BCUT2D eigenvalue weighted by Crippen LogP contribution is -1.97. The maximum absolute atomic E-state index is 11.3. The van der Waals surface area contributed by atoms with E-state index in [1.807, 2.05) is 24.3 Å². The third-order valence-corrected chi connectivity index (χ3v) is 2.55. The van der Waals surface area contributed by atoms with Crippen LogP contribution in [-0.2, 0) is 0 Å². The number of aromatic nitrogens is 1. The van der Waals surface area contributed by atoms with E-state index in [0.29, 0.717) is 5.69 Å². The van der Waals surface area contributed by atoms with Crippen LogP contribution in [0.15, 0.2) is 34.9 Å². The number of pyridine rings is 1. The molecule has 14 heavy (non-hydrogen) atoms. The molecule has 0 aliphatic heterocycles. The monoisotopic (exact) mass is 249 g/mol. The number of nitrogens with zero attached hydrogens (tertiary/aromatic N) is 1. The molecule has 0 unspecified atom stereocenters. The van der Waals surface area contributed by atoms with Gasteiger partial charge in [-0.05, 0) is 23.6 Å². The van der Waals surface area contributed by atoms with Crippen LogP contribution in [0, 0.1) is 0 Å². The van der Waals surface area contributed by atoms with Crippen molar-refractivity contribution in [3.8, 4) is 0 Å². The zero-order valence-electron chi connectivity index (χ0n) is 7.62. The Kier molecular flexibility index (Phi) is 2.33. The molecule has 0 spiro atoms. The molecule has 2 aromatic rings. The Hall–Kier alpha value is -1.22. The first kappa shape index (κ1) is 9.34. The number of benzene rings is 1. The van der Waals surface area contributed by atoms with E-state index in [9.17, 15) is 4.79 Å². The number of carbonyl (C=O) groups excluding carboxylic acids is 1. The highest BCUT2D eigenvalue weighted by molar-refractivity contribution is 9.10. The fourth-order valence-electron chi connectivity index (χ4n) is 1.43. The number of fused-ring (bicyclic) bond motifs is 1. The van der Waals surface area contributed by atoms with Crippen molar-refractivity contribution in [3.05, 3.63) is 40.6 Å². The zero-order valence-corrected chi connectivity index (χ0v) is 9.21. The van der Waals surface area contributed by atoms with Crippen LogP contribution in [-0.4, -0.2) is 10.8 Å². The maximum Gasteiger partial charge on any atom is 0.178 e. The van der Waals surface area contributed by atoms with Crippen LogP contribution in [0.5, 0.6) is 0 Å². The van der Waals surface area contributed by atoms with Crippen molar-refractivity contribution in [2.24, 2.45) is 0 Å². The standard InChI is InChI=1S/C11H8BrNO/c1-7(14)11-10-3-2-9(12)6-8(10)4-5-13-11/h2-6H,1H3. The number of hydrogen-bond donors (Lipinski definition) is 0. The number of Topliss-reactive ketones (excluding diaryl/α,β-unsaturated/α-hetero) is 1. The van der Waals surface area contributed by atoms with Crippen LogP contribution in [0.2, 0.25) is 0 Å². The van der Waals surface area contributed by atoms with Gasteiger partial charge in [-0.1, -0.05) is 22.0 Å². The average molecular weight is 250 g/mol. The topological polar surface area (TPSA) is 30.0 Å². The van der Waals surface area contributed by atoms with E-state index < -0.39 is 0 Å². The molecule has 0 fully saturated rings. The number of ketones is 1. The van der Waals surface area contributed by atoms with Crippen LogP contribution in [0.1, 0.15) is 17.4 Å². The first-order valence-corrected chi connectivity index (χ1v) is 5.03. The van der Waals surface area contributed by atoms with Crippen LogP contribution in [0.3, 0.4) is 0 Å². The summed E-state index contributed by atoms with van der Waals surface area (Å²) in [6, 6.07) is 7.69. The lowest BCUT2D eigenvalue weighted by Gasteiger charge is -2.02. The van der Waals surface area contributed by atoms with Crippen molar-refractivity contribution >= 4 is 32.5 Å². The molecule has 0 aliphatic rings. The number of carbonyl (C=O) groups is 1. The Balaban J connectivity index is 2.81. The summed E-state index contributed by atoms with van der Waals surface area (Å²) in [5, 5.41) is 1.93. The van der Waals surface area contributed by atoms with E-state index in [-0.39, 0.29) is 5.78 Å². The smallest absolute Gasteiger partial charge is 0.178 e. The van der Waals surface area contributed by atoms with Crippen molar-refractivity contribution in [1.82, 2.24) is 4.98 Å². The Labute approximate surface area is 90.1 Å². The molecule has 0 atom stereocenters. The summed E-state index contributed by atoms with van der Waals surface area (Å²) in [7, 11) is 0. The van der Waals surface area contributed by atoms with E-state index >= 15 is 0 Å². The molecule has 1 heterocycles. The highest BCUT2D eigenvalue weighted by Gasteiger charge is 2.06. The van der Waals surface area contributed by atoms with Gasteiger partial charge < -0.3 is 0 Å². The van der Waals surface area contributed by atoms with Crippen LogP contribution >= 0.6 is 15.9 Å². The molecule has 1 aromatic carbocycles. The summed E-state index contributed by atoms with van der Waals surface area (Å²) in [5.74, 6) is -0.00192. The minimum absolute atomic E-state index is 0.00192. The normalized spacial score (nSPS) is 10.4. The van der Waals surface area contributed by atoms with Gasteiger partial charge in [0.05, 0.1) is 0 Å². The highest BCUT2D eigenvalue weighted by Crippen LogP contribution is 2.21. The third kappa shape index (κ3) is 1.55. The lowest BCUT2D eigenvalue weighted by molar-refractivity contribution is 0.101. The van der Waals surface area contributed by atoms with E-state index in [1.165, 1.54) is 6.92 Å². The number of hydrogen-bond acceptors (Lipinski definition) is 2. The minimum atomic E-state index is -0.00192. The van der Waals surface area contributed by atoms with E-state index in [4.69, 9.17) is 0 Å². The highest BCUT2D eigenvalue weighted by atomic mass is 79.9. The molecule has 0 radical (unpaired) electrons. The van der Waals surface area contributed by atoms with Gasteiger partial charge in [0, 0.05) is 23.0 Å². The summed E-state index contributed by atoms with van der Waals surface area (Å²) in [4.78, 5) is 15.3. The Morgan fingerprint density at radius 3 is 2.86 bits per heavy atom. The maximum atomic E-state index is 11.3. The molecule has 0 saturated carbocycles. The molecule has 1 aromatic heterocycles. The summed E-state index contributed by atoms with van der Waals surface area (Å²) < 4.78 is 1.01. The van der Waals surface area contributed by atoms with Gasteiger partial charge in [0.2, 0.25) is 0 Å². The second-order valence-corrected chi connectivity index (χ2v) is 4.00. The second kappa shape index (κ2) is 3.50. The van der Waals surface area contributed by atoms with E-state index in [2.05, 4.69) is 20.9 Å². The number of rotatable bonds is 1. The molecule has 2 nitrogen and oxygen atoms in total. The molecule has 0 saturated heterocycles. The SMILES string of the molecule is CC(=O)c1nccc2cc(Br)ccc12.